The molecule has 2 aliphatic heterocycles. The van der Waals surface area contributed by atoms with E-state index in [1.54, 1.807) is 0 Å². The minimum atomic E-state index is 0.730. The molecule has 0 aromatic carbocycles. The molecule has 4 nitrogen and oxygen atoms in total. The van der Waals surface area contributed by atoms with Crippen LogP contribution in [0.2, 0.25) is 0 Å². The maximum atomic E-state index is 5.50. The summed E-state index contributed by atoms with van der Waals surface area (Å²) < 4.78 is 5.50. The Morgan fingerprint density at radius 2 is 1.87 bits per heavy atom. The summed E-state index contributed by atoms with van der Waals surface area (Å²) in [6.07, 6.45) is 10.3. The molecular formula is C19H29N3O. The predicted octanol–water partition coefficient (Wildman–Crippen LogP) is 2.42. The van der Waals surface area contributed by atoms with Gasteiger partial charge in [0.25, 0.3) is 0 Å². The van der Waals surface area contributed by atoms with Gasteiger partial charge in [0.2, 0.25) is 0 Å². The Hall–Kier alpha value is -0.970. The van der Waals surface area contributed by atoms with Gasteiger partial charge in [0.15, 0.2) is 0 Å². The number of hydrogen-bond acceptors (Lipinski definition) is 4. The van der Waals surface area contributed by atoms with Crippen molar-refractivity contribution in [3.05, 3.63) is 30.1 Å². The van der Waals surface area contributed by atoms with Gasteiger partial charge in [0, 0.05) is 37.6 Å². The average Bonchev–Trinajstić information content (AvgIpc) is 3.06. The van der Waals surface area contributed by atoms with Crippen molar-refractivity contribution in [1.29, 1.82) is 0 Å². The Bertz CT molecular complexity index is 475. The second-order valence-corrected chi connectivity index (χ2v) is 7.62. The van der Waals surface area contributed by atoms with Gasteiger partial charge in [-0.05, 0) is 74.7 Å². The molecule has 1 saturated carbocycles. The first-order chi connectivity index (χ1) is 11.4. The Kier molecular flexibility index (Phi) is 4.93. The van der Waals surface area contributed by atoms with Gasteiger partial charge in [0.1, 0.15) is 0 Å². The largest absolute Gasteiger partial charge is 0.381 e. The Labute approximate surface area is 139 Å². The van der Waals surface area contributed by atoms with Crippen molar-refractivity contribution in [1.82, 2.24) is 15.2 Å². The number of likely N-dealkylation sites (tertiary alicyclic amines) is 1. The fraction of sp³-hybridized carbons (Fsp3) is 0.737. The van der Waals surface area contributed by atoms with Crippen LogP contribution in [0.15, 0.2) is 24.5 Å². The van der Waals surface area contributed by atoms with E-state index in [2.05, 4.69) is 27.3 Å². The second-order valence-electron chi connectivity index (χ2n) is 7.62. The molecule has 3 aliphatic rings. The zero-order chi connectivity index (χ0) is 15.5. The smallest absolute Gasteiger partial charge is 0.0507 e. The lowest BCUT2D eigenvalue weighted by Gasteiger charge is -2.41. The van der Waals surface area contributed by atoms with E-state index in [4.69, 9.17) is 4.74 Å². The molecular weight excluding hydrogens is 286 g/mol. The third kappa shape index (κ3) is 3.93. The van der Waals surface area contributed by atoms with Crippen molar-refractivity contribution in [2.45, 2.75) is 50.1 Å². The lowest BCUT2D eigenvalue weighted by molar-refractivity contribution is 0.138. The van der Waals surface area contributed by atoms with E-state index < -0.39 is 0 Å². The Balaban J connectivity index is 1.15. The molecule has 1 atom stereocenters. The highest BCUT2D eigenvalue weighted by molar-refractivity contribution is 5.20. The lowest BCUT2D eigenvalue weighted by atomic mass is 9.75. The van der Waals surface area contributed by atoms with Crippen LogP contribution < -0.4 is 5.32 Å². The molecule has 4 heteroatoms. The highest BCUT2D eigenvalue weighted by Crippen LogP contribution is 2.37. The molecule has 0 radical (unpaired) electrons. The van der Waals surface area contributed by atoms with Gasteiger partial charge in [-0.1, -0.05) is 0 Å². The standard InChI is InChI=1S/C19H29N3O/c1-6-20-7-2-16(1)17-11-19(12-17)21-18-3-8-22(9-4-18)13-15-5-10-23-14-15/h1-2,6-7,15,17-19,21H,3-5,8-14H2. The first-order valence-corrected chi connectivity index (χ1v) is 9.33. The number of piperidine rings is 1. The normalized spacial score (nSPS) is 32.8. The number of aromatic nitrogens is 1. The Morgan fingerprint density at radius 3 is 2.57 bits per heavy atom. The molecule has 0 bridgehead atoms. The highest BCUT2D eigenvalue weighted by atomic mass is 16.5. The molecule has 2 saturated heterocycles. The van der Waals surface area contributed by atoms with Gasteiger partial charge in [-0.2, -0.15) is 0 Å². The Morgan fingerprint density at radius 1 is 1.09 bits per heavy atom. The van der Waals surface area contributed by atoms with Gasteiger partial charge in [-0.25, -0.2) is 0 Å². The zero-order valence-corrected chi connectivity index (χ0v) is 14.0. The first-order valence-electron chi connectivity index (χ1n) is 9.33. The minimum absolute atomic E-state index is 0.730. The van der Waals surface area contributed by atoms with Crippen molar-refractivity contribution in [3.8, 4) is 0 Å². The molecule has 0 spiro atoms. The highest BCUT2D eigenvalue weighted by Gasteiger charge is 2.32. The molecule has 1 aliphatic carbocycles. The number of pyridine rings is 1. The molecule has 126 valence electrons. The minimum Gasteiger partial charge on any atom is -0.381 e. The SMILES string of the molecule is c1cc(C2CC(NC3CCN(CC4CCOC4)CC3)C2)ccn1. The summed E-state index contributed by atoms with van der Waals surface area (Å²) >= 11 is 0. The molecule has 0 amide bonds. The molecule has 1 aromatic heterocycles. The molecule has 1 aromatic rings. The van der Waals surface area contributed by atoms with Crippen LogP contribution in [0.4, 0.5) is 0 Å². The molecule has 1 unspecified atom stereocenters. The average molecular weight is 315 g/mol. The van der Waals surface area contributed by atoms with Crippen LogP contribution in [0.25, 0.3) is 0 Å². The molecule has 23 heavy (non-hydrogen) atoms. The molecule has 3 heterocycles. The summed E-state index contributed by atoms with van der Waals surface area (Å²) in [5.74, 6) is 1.53. The predicted molar refractivity (Wildman–Crippen MR) is 91.5 cm³/mol. The fourth-order valence-corrected chi connectivity index (χ4v) is 4.37. The summed E-state index contributed by atoms with van der Waals surface area (Å²) in [5.41, 5.74) is 1.46. The van der Waals surface area contributed by atoms with E-state index in [0.29, 0.717) is 0 Å². The monoisotopic (exact) mass is 315 g/mol. The third-order valence-corrected chi connectivity index (χ3v) is 5.91. The van der Waals surface area contributed by atoms with Crippen LogP contribution in [0.5, 0.6) is 0 Å². The number of ether oxygens (including phenoxy) is 1. The van der Waals surface area contributed by atoms with Crippen molar-refractivity contribution < 1.29 is 4.74 Å². The summed E-state index contributed by atoms with van der Waals surface area (Å²) in [4.78, 5) is 6.77. The van der Waals surface area contributed by atoms with E-state index in [-0.39, 0.29) is 0 Å². The van der Waals surface area contributed by atoms with Crippen LogP contribution in [-0.2, 0) is 4.74 Å². The summed E-state index contributed by atoms with van der Waals surface area (Å²) in [5, 5.41) is 3.90. The number of nitrogens with one attached hydrogen (secondary N) is 1. The van der Waals surface area contributed by atoms with Crippen molar-refractivity contribution in [2.75, 3.05) is 32.8 Å². The maximum Gasteiger partial charge on any atom is 0.0507 e. The quantitative estimate of drug-likeness (QED) is 0.905. The van der Waals surface area contributed by atoms with E-state index in [0.717, 1.165) is 37.1 Å². The molecule has 1 N–H and O–H groups in total. The molecule has 4 rings (SSSR count). The fourth-order valence-electron chi connectivity index (χ4n) is 4.37. The summed E-state index contributed by atoms with van der Waals surface area (Å²) in [6.45, 7) is 5.73. The first kappa shape index (κ1) is 15.6. The van der Waals surface area contributed by atoms with Gasteiger partial charge >= 0.3 is 0 Å². The van der Waals surface area contributed by atoms with Gasteiger partial charge in [-0.3, -0.25) is 4.98 Å². The van der Waals surface area contributed by atoms with Gasteiger partial charge in [-0.15, -0.1) is 0 Å². The topological polar surface area (TPSA) is 37.4 Å². The lowest BCUT2D eigenvalue weighted by Crippen LogP contribution is -2.50. The van der Waals surface area contributed by atoms with Crippen LogP contribution in [-0.4, -0.2) is 54.8 Å². The van der Waals surface area contributed by atoms with E-state index in [1.807, 2.05) is 12.4 Å². The number of hydrogen-bond donors (Lipinski definition) is 1. The van der Waals surface area contributed by atoms with Gasteiger partial charge < -0.3 is 15.0 Å². The van der Waals surface area contributed by atoms with Crippen LogP contribution >= 0.6 is 0 Å². The maximum absolute atomic E-state index is 5.50. The van der Waals surface area contributed by atoms with Crippen molar-refractivity contribution in [3.63, 3.8) is 0 Å². The van der Waals surface area contributed by atoms with Gasteiger partial charge in [0.05, 0.1) is 6.61 Å². The summed E-state index contributed by atoms with van der Waals surface area (Å²) in [6, 6.07) is 5.81. The van der Waals surface area contributed by atoms with E-state index >= 15 is 0 Å². The van der Waals surface area contributed by atoms with Crippen molar-refractivity contribution >= 4 is 0 Å². The molecule has 3 fully saturated rings. The zero-order valence-electron chi connectivity index (χ0n) is 14.0. The summed E-state index contributed by atoms with van der Waals surface area (Å²) in [7, 11) is 0. The van der Waals surface area contributed by atoms with Crippen molar-refractivity contribution in [2.24, 2.45) is 5.92 Å². The third-order valence-electron chi connectivity index (χ3n) is 5.91. The van der Waals surface area contributed by atoms with E-state index in [9.17, 15) is 0 Å². The second kappa shape index (κ2) is 7.29. The van der Waals surface area contributed by atoms with E-state index in [1.165, 1.54) is 57.3 Å². The van der Waals surface area contributed by atoms with Crippen LogP contribution in [0, 0.1) is 5.92 Å². The number of rotatable bonds is 5. The number of nitrogens with zero attached hydrogens (tertiary/aromatic N) is 2. The van der Waals surface area contributed by atoms with Crippen LogP contribution in [0.3, 0.4) is 0 Å². The van der Waals surface area contributed by atoms with Crippen LogP contribution in [0.1, 0.15) is 43.6 Å².